The van der Waals surface area contributed by atoms with Crippen molar-refractivity contribution in [3.05, 3.63) is 59.8 Å². The number of fused-ring (bicyclic) bond motifs is 1. The Labute approximate surface area is 141 Å². The first-order valence-electron chi connectivity index (χ1n) is 7.92. The second-order valence-corrected chi connectivity index (χ2v) is 7.24. The number of carbonyl (C=O) groups is 1. The molecule has 4 heteroatoms. The van der Waals surface area contributed by atoms with Crippen molar-refractivity contribution in [1.82, 2.24) is 4.98 Å². The maximum absolute atomic E-state index is 12.3. The molecule has 3 rings (SSSR count). The van der Waals surface area contributed by atoms with Crippen LogP contribution in [-0.2, 0) is 16.0 Å². The minimum absolute atomic E-state index is 0.169. The summed E-state index contributed by atoms with van der Waals surface area (Å²) in [6, 6.07) is 14.3. The zero-order valence-electron chi connectivity index (χ0n) is 13.4. The van der Waals surface area contributed by atoms with Gasteiger partial charge in [-0.25, -0.2) is 4.98 Å². The van der Waals surface area contributed by atoms with Crippen molar-refractivity contribution in [2.24, 2.45) is 5.92 Å². The largest absolute Gasteiger partial charge is 0.468 e. The third-order valence-corrected chi connectivity index (χ3v) is 5.67. The first-order chi connectivity index (χ1) is 11.2. The van der Waals surface area contributed by atoms with E-state index in [4.69, 9.17) is 4.74 Å². The van der Waals surface area contributed by atoms with Crippen LogP contribution in [0, 0.1) is 5.92 Å². The quantitative estimate of drug-likeness (QED) is 0.613. The van der Waals surface area contributed by atoms with Gasteiger partial charge < -0.3 is 4.74 Å². The lowest BCUT2D eigenvalue weighted by molar-refractivity contribution is -0.140. The molecule has 1 heterocycles. The van der Waals surface area contributed by atoms with E-state index in [1.54, 1.807) is 6.20 Å². The normalized spacial score (nSPS) is 20.8. The van der Waals surface area contributed by atoms with E-state index in [0.717, 1.165) is 17.9 Å². The number of hydrogen-bond donors (Lipinski definition) is 0. The Bertz CT molecular complexity index is 674. The minimum atomic E-state index is -0.228. The summed E-state index contributed by atoms with van der Waals surface area (Å²) in [4.78, 5) is 16.6. The summed E-state index contributed by atoms with van der Waals surface area (Å²) in [5.74, 6) is 0.771. The molecular weight excluding hydrogens is 306 g/mol. The van der Waals surface area contributed by atoms with Crippen LogP contribution in [0.15, 0.2) is 53.7 Å². The van der Waals surface area contributed by atoms with Gasteiger partial charge in [0.1, 0.15) is 5.25 Å². The Kier molecular flexibility index (Phi) is 5.01. The first kappa shape index (κ1) is 16.1. The smallest absolute Gasteiger partial charge is 0.319 e. The summed E-state index contributed by atoms with van der Waals surface area (Å²) < 4.78 is 5.03. The average molecular weight is 327 g/mol. The average Bonchev–Trinajstić information content (AvgIpc) is 2.90. The molecule has 0 saturated carbocycles. The predicted molar refractivity (Wildman–Crippen MR) is 92.6 cm³/mol. The molecule has 1 aromatic heterocycles. The van der Waals surface area contributed by atoms with Gasteiger partial charge >= 0.3 is 5.97 Å². The van der Waals surface area contributed by atoms with Crippen LogP contribution in [0.1, 0.15) is 30.4 Å². The lowest BCUT2D eigenvalue weighted by Gasteiger charge is -2.22. The molecule has 0 N–H and O–H groups in total. The molecule has 0 amide bonds. The number of ether oxygens (including phenoxy) is 1. The van der Waals surface area contributed by atoms with Crippen molar-refractivity contribution in [1.29, 1.82) is 0 Å². The van der Waals surface area contributed by atoms with Gasteiger partial charge in [-0.05, 0) is 47.9 Å². The van der Waals surface area contributed by atoms with Crippen molar-refractivity contribution in [3.63, 3.8) is 0 Å². The van der Waals surface area contributed by atoms with E-state index in [1.165, 1.54) is 30.0 Å². The van der Waals surface area contributed by atoms with E-state index >= 15 is 0 Å². The number of rotatable bonds is 5. The maximum Gasteiger partial charge on any atom is 0.319 e. The molecule has 120 valence electrons. The third-order valence-electron chi connectivity index (χ3n) is 4.52. The molecule has 1 unspecified atom stereocenters. The molecule has 0 bridgehead atoms. The molecule has 1 aromatic carbocycles. The Balaban J connectivity index is 1.80. The first-order valence-corrected chi connectivity index (χ1v) is 8.80. The van der Waals surface area contributed by atoms with E-state index in [1.807, 2.05) is 18.2 Å². The third kappa shape index (κ3) is 3.58. The number of benzene rings is 1. The van der Waals surface area contributed by atoms with Crippen molar-refractivity contribution in [3.8, 4) is 0 Å². The minimum Gasteiger partial charge on any atom is -0.468 e. The standard InChI is InChI=1S/C19H21NO2S/c1-13-11-14-7-3-4-8-15(14)16(13)12-17(19(21)22-2)23-18-9-5-6-10-20-18/h3-10,13,16-17H,11-12H2,1-2H3/t13-,16+,17?/m1/s1. The Hall–Kier alpha value is -1.81. The fourth-order valence-electron chi connectivity index (χ4n) is 3.35. The van der Waals surface area contributed by atoms with Gasteiger partial charge in [0.25, 0.3) is 0 Å². The Morgan fingerprint density at radius 1 is 1.30 bits per heavy atom. The number of hydrogen-bond acceptors (Lipinski definition) is 4. The maximum atomic E-state index is 12.3. The fourth-order valence-corrected chi connectivity index (χ4v) is 4.42. The highest BCUT2D eigenvalue weighted by Crippen LogP contribution is 2.43. The fraction of sp³-hybridized carbons (Fsp3) is 0.368. The van der Waals surface area contributed by atoms with Crippen LogP contribution < -0.4 is 0 Å². The molecule has 2 aromatic rings. The van der Waals surface area contributed by atoms with Gasteiger partial charge in [-0.3, -0.25) is 4.79 Å². The van der Waals surface area contributed by atoms with E-state index in [9.17, 15) is 4.79 Å². The van der Waals surface area contributed by atoms with Crippen molar-refractivity contribution < 1.29 is 9.53 Å². The highest BCUT2D eigenvalue weighted by Gasteiger charge is 2.34. The number of aromatic nitrogens is 1. The molecule has 1 aliphatic rings. The highest BCUT2D eigenvalue weighted by atomic mass is 32.2. The number of nitrogens with zero attached hydrogens (tertiary/aromatic N) is 1. The van der Waals surface area contributed by atoms with Crippen molar-refractivity contribution >= 4 is 17.7 Å². The van der Waals surface area contributed by atoms with Gasteiger partial charge in [0.15, 0.2) is 0 Å². The zero-order chi connectivity index (χ0) is 16.2. The summed E-state index contributed by atoms with van der Waals surface area (Å²) in [6.45, 7) is 2.27. The molecule has 0 saturated heterocycles. The van der Waals surface area contributed by atoms with E-state index in [0.29, 0.717) is 11.8 Å². The van der Waals surface area contributed by atoms with Gasteiger partial charge in [0.2, 0.25) is 0 Å². The summed E-state index contributed by atoms with van der Waals surface area (Å²) in [7, 11) is 1.46. The molecule has 0 spiro atoms. The van der Waals surface area contributed by atoms with Crippen LogP contribution in [0.2, 0.25) is 0 Å². The number of thioether (sulfide) groups is 1. The van der Waals surface area contributed by atoms with Crippen LogP contribution in [0.4, 0.5) is 0 Å². The van der Waals surface area contributed by atoms with Gasteiger partial charge in [-0.1, -0.05) is 49.0 Å². The van der Waals surface area contributed by atoms with Crippen LogP contribution in [0.5, 0.6) is 0 Å². The number of esters is 1. The van der Waals surface area contributed by atoms with E-state index in [2.05, 4.69) is 36.2 Å². The molecule has 1 aliphatic carbocycles. The van der Waals surface area contributed by atoms with Crippen molar-refractivity contribution in [2.45, 2.75) is 36.0 Å². The topological polar surface area (TPSA) is 39.2 Å². The van der Waals surface area contributed by atoms with Gasteiger partial charge in [-0.2, -0.15) is 0 Å². The van der Waals surface area contributed by atoms with E-state index < -0.39 is 0 Å². The Morgan fingerprint density at radius 2 is 2.09 bits per heavy atom. The lowest BCUT2D eigenvalue weighted by atomic mass is 9.89. The molecule has 3 atom stereocenters. The number of pyridine rings is 1. The number of methoxy groups -OCH3 is 1. The van der Waals surface area contributed by atoms with Gasteiger partial charge in [0.05, 0.1) is 12.1 Å². The monoisotopic (exact) mass is 327 g/mol. The van der Waals surface area contributed by atoms with E-state index in [-0.39, 0.29) is 11.2 Å². The number of carbonyl (C=O) groups excluding carboxylic acids is 1. The van der Waals surface area contributed by atoms with Crippen LogP contribution in [-0.4, -0.2) is 23.3 Å². The molecule has 23 heavy (non-hydrogen) atoms. The van der Waals surface area contributed by atoms with Crippen LogP contribution in [0.25, 0.3) is 0 Å². The van der Waals surface area contributed by atoms with Gasteiger partial charge in [-0.15, -0.1) is 0 Å². The summed E-state index contributed by atoms with van der Waals surface area (Å²) in [6.07, 6.45) is 3.62. The summed E-state index contributed by atoms with van der Waals surface area (Å²) >= 11 is 1.50. The summed E-state index contributed by atoms with van der Waals surface area (Å²) in [5, 5.41) is 0.635. The van der Waals surface area contributed by atoms with Crippen molar-refractivity contribution in [2.75, 3.05) is 7.11 Å². The lowest BCUT2D eigenvalue weighted by Crippen LogP contribution is -2.23. The zero-order valence-corrected chi connectivity index (χ0v) is 14.3. The SMILES string of the molecule is COC(=O)C(C[C@@H]1c2ccccc2C[C@H]1C)Sc1ccccn1. The Morgan fingerprint density at radius 3 is 2.83 bits per heavy atom. The van der Waals surface area contributed by atoms with Crippen LogP contribution in [0.3, 0.4) is 0 Å². The van der Waals surface area contributed by atoms with Crippen LogP contribution >= 0.6 is 11.8 Å². The highest BCUT2D eigenvalue weighted by molar-refractivity contribution is 8.00. The molecule has 0 fully saturated rings. The molecular formula is C19H21NO2S. The molecule has 0 aliphatic heterocycles. The molecule has 0 radical (unpaired) electrons. The van der Waals surface area contributed by atoms with Gasteiger partial charge in [0, 0.05) is 6.20 Å². The second kappa shape index (κ2) is 7.18. The predicted octanol–water partition coefficient (Wildman–Crippen LogP) is 4.08. The summed E-state index contributed by atoms with van der Waals surface area (Å²) in [5.41, 5.74) is 2.80. The molecule has 3 nitrogen and oxygen atoms in total. The second-order valence-electron chi connectivity index (χ2n) is 6.02.